The Morgan fingerprint density at radius 3 is 2.67 bits per heavy atom. The third kappa shape index (κ3) is 3.75. The Hall–Kier alpha value is -2.49. The second-order valence-electron chi connectivity index (χ2n) is 4.19. The maximum absolute atomic E-state index is 4.61. The van der Waals surface area contributed by atoms with Gasteiger partial charge in [0.2, 0.25) is 0 Å². The summed E-state index contributed by atoms with van der Waals surface area (Å²) >= 11 is 0. The maximum Gasteiger partial charge on any atom is 0.137 e. The normalized spacial score (nSPS) is 10.6. The molecule has 0 saturated carbocycles. The molecule has 0 spiro atoms. The van der Waals surface area contributed by atoms with Crippen LogP contribution in [-0.2, 0) is 0 Å². The van der Waals surface area contributed by atoms with Crippen molar-refractivity contribution in [2.45, 2.75) is 27.7 Å². The molecule has 0 unspecified atom stereocenters. The van der Waals surface area contributed by atoms with Gasteiger partial charge in [0.05, 0.1) is 11.9 Å². The van der Waals surface area contributed by atoms with Crippen LogP contribution in [0, 0.1) is 6.92 Å². The molecule has 110 valence electrons. The molecule has 4 heteroatoms. The highest BCUT2D eigenvalue weighted by Crippen LogP contribution is 2.25. The van der Waals surface area contributed by atoms with Crippen molar-refractivity contribution in [1.29, 1.82) is 0 Å². The fourth-order valence-corrected chi connectivity index (χ4v) is 1.87. The highest BCUT2D eigenvalue weighted by molar-refractivity contribution is 6.04. The number of aromatic nitrogens is 2. The summed E-state index contributed by atoms with van der Waals surface area (Å²) in [5.74, 6) is 0.711. The van der Waals surface area contributed by atoms with Crippen molar-refractivity contribution < 1.29 is 0 Å². The van der Waals surface area contributed by atoms with E-state index in [-0.39, 0.29) is 0 Å². The van der Waals surface area contributed by atoms with E-state index in [1.807, 2.05) is 40.0 Å². The number of nitrogens with zero attached hydrogens (tertiary/aromatic N) is 3. The molecular weight excluding hydrogens is 260 g/mol. The van der Waals surface area contributed by atoms with Crippen LogP contribution in [0.15, 0.2) is 41.2 Å². The molecule has 0 amide bonds. The van der Waals surface area contributed by atoms with Gasteiger partial charge in [-0.1, -0.05) is 26.5 Å². The summed E-state index contributed by atoms with van der Waals surface area (Å²) < 4.78 is 0. The molecule has 0 aliphatic rings. The SMILES string of the molecule is C=Cc1c(C(C)=Nc2cnccc2C)c[nH]c1N=C.CC. The van der Waals surface area contributed by atoms with Crippen molar-refractivity contribution in [2.75, 3.05) is 0 Å². The molecule has 0 atom stereocenters. The van der Waals surface area contributed by atoms with E-state index in [4.69, 9.17) is 0 Å². The van der Waals surface area contributed by atoms with Gasteiger partial charge in [-0.2, -0.15) is 0 Å². The highest BCUT2D eigenvalue weighted by atomic mass is 14.9. The predicted octanol–water partition coefficient (Wildman–Crippen LogP) is 4.86. The highest BCUT2D eigenvalue weighted by Gasteiger charge is 2.10. The summed E-state index contributed by atoms with van der Waals surface area (Å²) in [5.41, 5.74) is 4.73. The molecular formula is C17H22N4. The minimum Gasteiger partial charge on any atom is -0.345 e. The van der Waals surface area contributed by atoms with Gasteiger partial charge >= 0.3 is 0 Å². The summed E-state index contributed by atoms with van der Waals surface area (Å²) in [6.45, 7) is 15.3. The summed E-state index contributed by atoms with van der Waals surface area (Å²) in [7, 11) is 0. The molecule has 2 aromatic rings. The van der Waals surface area contributed by atoms with Crippen molar-refractivity contribution in [3.05, 3.63) is 47.9 Å². The number of aromatic amines is 1. The Labute approximate surface area is 126 Å². The van der Waals surface area contributed by atoms with E-state index in [0.717, 1.165) is 28.1 Å². The number of nitrogens with one attached hydrogen (secondary N) is 1. The predicted molar refractivity (Wildman–Crippen MR) is 92.3 cm³/mol. The lowest BCUT2D eigenvalue weighted by Gasteiger charge is -2.03. The van der Waals surface area contributed by atoms with E-state index in [1.165, 1.54) is 0 Å². The van der Waals surface area contributed by atoms with Crippen LogP contribution in [0.2, 0.25) is 0 Å². The molecule has 2 aromatic heterocycles. The Balaban J connectivity index is 0.00000106. The minimum atomic E-state index is 0.711. The number of H-pyrrole nitrogens is 1. The zero-order valence-electron chi connectivity index (χ0n) is 13.1. The fraction of sp³-hybridized carbons (Fsp3) is 0.235. The lowest BCUT2D eigenvalue weighted by molar-refractivity contribution is 1.26. The van der Waals surface area contributed by atoms with Gasteiger partial charge in [0, 0.05) is 29.2 Å². The lowest BCUT2D eigenvalue weighted by atomic mass is 10.1. The van der Waals surface area contributed by atoms with Crippen LogP contribution in [0.4, 0.5) is 11.5 Å². The molecule has 0 radical (unpaired) electrons. The first-order valence-electron chi connectivity index (χ1n) is 6.94. The van der Waals surface area contributed by atoms with E-state index in [2.05, 4.69) is 33.2 Å². The number of pyridine rings is 1. The van der Waals surface area contributed by atoms with Crippen molar-refractivity contribution in [2.24, 2.45) is 9.98 Å². The Kier molecular flexibility index (Phi) is 6.27. The first-order valence-corrected chi connectivity index (χ1v) is 6.94. The van der Waals surface area contributed by atoms with Crippen LogP contribution in [-0.4, -0.2) is 22.4 Å². The minimum absolute atomic E-state index is 0.711. The molecule has 21 heavy (non-hydrogen) atoms. The Bertz CT molecular complexity index is 651. The van der Waals surface area contributed by atoms with Gasteiger partial charge in [-0.05, 0) is 32.2 Å². The molecule has 0 aliphatic heterocycles. The monoisotopic (exact) mass is 282 g/mol. The number of aryl methyl sites for hydroxylation is 1. The summed E-state index contributed by atoms with van der Waals surface area (Å²) in [5, 5.41) is 0. The zero-order valence-corrected chi connectivity index (χ0v) is 13.1. The van der Waals surface area contributed by atoms with E-state index in [0.29, 0.717) is 5.82 Å². The van der Waals surface area contributed by atoms with Gasteiger partial charge in [0.25, 0.3) is 0 Å². The van der Waals surface area contributed by atoms with Gasteiger partial charge < -0.3 is 4.98 Å². The third-order valence-electron chi connectivity index (χ3n) is 2.95. The first-order chi connectivity index (χ1) is 10.2. The second kappa shape index (κ2) is 7.94. The van der Waals surface area contributed by atoms with Crippen LogP contribution >= 0.6 is 0 Å². The molecule has 2 rings (SSSR count). The number of aliphatic imine (C=N–C) groups is 2. The topological polar surface area (TPSA) is 53.4 Å². The van der Waals surface area contributed by atoms with E-state index in [1.54, 1.807) is 18.5 Å². The number of hydrogen-bond donors (Lipinski definition) is 1. The van der Waals surface area contributed by atoms with E-state index < -0.39 is 0 Å². The zero-order chi connectivity index (χ0) is 15.8. The largest absolute Gasteiger partial charge is 0.345 e. The van der Waals surface area contributed by atoms with Crippen molar-refractivity contribution in [1.82, 2.24) is 9.97 Å². The van der Waals surface area contributed by atoms with Gasteiger partial charge in [0.1, 0.15) is 5.82 Å². The third-order valence-corrected chi connectivity index (χ3v) is 2.95. The van der Waals surface area contributed by atoms with Crippen molar-refractivity contribution in [3.63, 3.8) is 0 Å². The van der Waals surface area contributed by atoms with E-state index >= 15 is 0 Å². The molecule has 4 nitrogen and oxygen atoms in total. The average Bonchev–Trinajstić information content (AvgIpc) is 2.94. The first kappa shape index (κ1) is 16.6. The standard InChI is InChI=1S/C15H16N4.C2H6/c1-5-12-13(8-18-15(12)16-4)11(3)19-14-9-17-7-6-10(14)2;1-2/h5-9,18H,1,4H2,2-3H3;1-2H3. The van der Waals surface area contributed by atoms with Gasteiger partial charge in [-0.25, -0.2) is 4.99 Å². The van der Waals surface area contributed by atoms with Crippen LogP contribution in [0.25, 0.3) is 6.08 Å². The van der Waals surface area contributed by atoms with Crippen molar-refractivity contribution >= 4 is 30.0 Å². The van der Waals surface area contributed by atoms with Gasteiger partial charge in [-0.3, -0.25) is 9.98 Å². The summed E-state index contributed by atoms with van der Waals surface area (Å²) in [4.78, 5) is 15.7. The number of rotatable bonds is 4. The smallest absolute Gasteiger partial charge is 0.137 e. The fourth-order valence-electron chi connectivity index (χ4n) is 1.87. The Morgan fingerprint density at radius 1 is 1.38 bits per heavy atom. The van der Waals surface area contributed by atoms with Gasteiger partial charge in [0.15, 0.2) is 0 Å². The van der Waals surface area contributed by atoms with Crippen LogP contribution in [0.5, 0.6) is 0 Å². The average molecular weight is 282 g/mol. The second-order valence-corrected chi connectivity index (χ2v) is 4.19. The van der Waals surface area contributed by atoms with Crippen LogP contribution < -0.4 is 0 Å². The van der Waals surface area contributed by atoms with Gasteiger partial charge in [-0.15, -0.1) is 0 Å². The Morgan fingerprint density at radius 2 is 2.10 bits per heavy atom. The van der Waals surface area contributed by atoms with E-state index in [9.17, 15) is 0 Å². The van der Waals surface area contributed by atoms with Crippen LogP contribution in [0.1, 0.15) is 37.5 Å². The molecule has 1 N–H and O–H groups in total. The molecule has 0 bridgehead atoms. The van der Waals surface area contributed by atoms with Crippen LogP contribution in [0.3, 0.4) is 0 Å². The van der Waals surface area contributed by atoms with Crippen molar-refractivity contribution in [3.8, 4) is 0 Å². The molecule has 0 fully saturated rings. The maximum atomic E-state index is 4.61. The molecule has 2 heterocycles. The summed E-state index contributed by atoms with van der Waals surface area (Å²) in [6.07, 6.45) is 7.14. The quantitative estimate of drug-likeness (QED) is 0.800. The molecule has 0 aliphatic carbocycles. The lowest BCUT2D eigenvalue weighted by Crippen LogP contribution is -1.94. The molecule has 0 aromatic carbocycles. The molecule has 0 saturated heterocycles. The number of hydrogen-bond acceptors (Lipinski definition) is 3. The summed E-state index contributed by atoms with van der Waals surface area (Å²) in [6, 6.07) is 1.94.